The summed E-state index contributed by atoms with van der Waals surface area (Å²) in [5, 5.41) is 4.89. The van der Waals surface area contributed by atoms with Crippen molar-refractivity contribution >= 4 is 44.2 Å². The maximum absolute atomic E-state index is 12.6. The molecule has 2 aromatic carbocycles. The number of thiazole rings is 1. The van der Waals surface area contributed by atoms with Gasteiger partial charge in [-0.1, -0.05) is 53.3 Å². The van der Waals surface area contributed by atoms with Crippen molar-refractivity contribution in [3.05, 3.63) is 59.1 Å². The average Bonchev–Trinajstić information content (AvgIpc) is 3.12. The van der Waals surface area contributed by atoms with Crippen molar-refractivity contribution in [1.29, 1.82) is 0 Å². The third kappa shape index (κ3) is 4.09. The van der Waals surface area contributed by atoms with E-state index < -0.39 is 0 Å². The summed E-state index contributed by atoms with van der Waals surface area (Å²) < 4.78 is 1.14. The fraction of sp³-hybridized carbons (Fsp3) is 0.333. The Morgan fingerprint density at radius 1 is 1.22 bits per heavy atom. The van der Waals surface area contributed by atoms with Crippen LogP contribution in [0.5, 0.6) is 0 Å². The summed E-state index contributed by atoms with van der Waals surface area (Å²) in [5.74, 6) is 0.221. The van der Waals surface area contributed by atoms with Crippen LogP contribution in [-0.4, -0.2) is 24.0 Å². The molecule has 1 atom stereocenters. The number of fused-ring (bicyclic) bond motifs is 1. The van der Waals surface area contributed by atoms with E-state index >= 15 is 0 Å². The summed E-state index contributed by atoms with van der Waals surface area (Å²) in [6, 6.07) is 15.9. The van der Waals surface area contributed by atoms with E-state index in [1.54, 1.807) is 11.3 Å². The van der Waals surface area contributed by atoms with Gasteiger partial charge in [-0.05, 0) is 43.5 Å². The predicted octanol–water partition coefficient (Wildman–Crippen LogP) is 5.04. The van der Waals surface area contributed by atoms with E-state index in [1.165, 1.54) is 0 Å². The van der Waals surface area contributed by atoms with Crippen molar-refractivity contribution in [3.63, 3.8) is 0 Å². The van der Waals surface area contributed by atoms with Crippen molar-refractivity contribution in [2.24, 2.45) is 5.92 Å². The van der Waals surface area contributed by atoms with Gasteiger partial charge in [0.05, 0.1) is 16.3 Å². The van der Waals surface area contributed by atoms with Gasteiger partial charge in [0.2, 0.25) is 5.91 Å². The van der Waals surface area contributed by atoms with Gasteiger partial charge in [0.1, 0.15) is 0 Å². The number of piperidine rings is 1. The molecular weight excluding hydrogens is 378 g/mol. The standard InChI is InChI=1S/C21H22ClN3OS/c1-14(15-5-3-2-4-6-15)23-20(26)16-9-11-25(12-10-16)21-24-18-13-17(22)7-8-19(18)27-21/h2-8,13-14,16H,9-12H2,1H3,(H,23,26)/t14-/m0/s1. The molecular formula is C21H22ClN3OS. The van der Waals surface area contributed by atoms with Crippen LogP contribution >= 0.6 is 22.9 Å². The molecule has 0 saturated carbocycles. The number of rotatable bonds is 4. The van der Waals surface area contributed by atoms with Crippen molar-refractivity contribution in [2.75, 3.05) is 18.0 Å². The molecule has 0 spiro atoms. The monoisotopic (exact) mass is 399 g/mol. The molecule has 0 radical (unpaired) electrons. The highest BCUT2D eigenvalue weighted by Gasteiger charge is 2.27. The van der Waals surface area contributed by atoms with Crippen molar-refractivity contribution in [1.82, 2.24) is 10.3 Å². The fourth-order valence-corrected chi connectivity index (χ4v) is 4.68. The van der Waals surface area contributed by atoms with Gasteiger partial charge in [0.25, 0.3) is 0 Å². The van der Waals surface area contributed by atoms with Gasteiger partial charge in [-0.3, -0.25) is 4.79 Å². The molecule has 1 amide bonds. The van der Waals surface area contributed by atoms with E-state index in [0.29, 0.717) is 5.02 Å². The Bertz CT molecular complexity index is 935. The highest BCUT2D eigenvalue weighted by Crippen LogP contribution is 2.32. The molecule has 1 fully saturated rings. The number of carbonyl (C=O) groups is 1. The minimum atomic E-state index is 0.0331. The minimum Gasteiger partial charge on any atom is -0.349 e. The number of hydrogen-bond donors (Lipinski definition) is 1. The summed E-state index contributed by atoms with van der Waals surface area (Å²) in [7, 11) is 0. The number of nitrogens with one attached hydrogen (secondary N) is 1. The van der Waals surface area contributed by atoms with E-state index in [1.807, 2.05) is 55.5 Å². The number of halogens is 1. The molecule has 4 nitrogen and oxygen atoms in total. The first-order valence-electron chi connectivity index (χ1n) is 9.26. The normalized spacial score (nSPS) is 16.4. The smallest absolute Gasteiger partial charge is 0.223 e. The van der Waals surface area contributed by atoms with Crippen LogP contribution in [0.2, 0.25) is 5.02 Å². The Morgan fingerprint density at radius 2 is 1.96 bits per heavy atom. The zero-order chi connectivity index (χ0) is 18.8. The van der Waals surface area contributed by atoms with Crippen LogP contribution in [0.1, 0.15) is 31.4 Å². The predicted molar refractivity (Wildman–Crippen MR) is 113 cm³/mol. The summed E-state index contributed by atoms with van der Waals surface area (Å²) in [6.07, 6.45) is 1.70. The van der Waals surface area contributed by atoms with Crippen LogP contribution in [0, 0.1) is 5.92 Å². The van der Waals surface area contributed by atoms with Gasteiger partial charge in [-0.15, -0.1) is 0 Å². The third-order valence-corrected chi connectivity index (χ3v) is 6.47. The van der Waals surface area contributed by atoms with E-state index in [-0.39, 0.29) is 17.9 Å². The van der Waals surface area contributed by atoms with Gasteiger partial charge >= 0.3 is 0 Å². The lowest BCUT2D eigenvalue weighted by Gasteiger charge is -2.31. The van der Waals surface area contributed by atoms with E-state index in [9.17, 15) is 4.79 Å². The number of benzene rings is 2. The molecule has 1 N–H and O–H groups in total. The molecule has 2 heterocycles. The molecule has 3 aromatic rings. The Balaban J connectivity index is 1.36. The van der Waals surface area contributed by atoms with Gasteiger partial charge in [-0.25, -0.2) is 4.98 Å². The molecule has 1 aromatic heterocycles. The van der Waals surface area contributed by atoms with Crippen molar-refractivity contribution in [3.8, 4) is 0 Å². The first-order valence-corrected chi connectivity index (χ1v) is 10.5. The van der Waals surface area contributed by atoms with Crippen LogP contribution in [-0.2, 0) is 4.79 Å². The second kappa shape index (κ2) is 7.87. The number of carbonyl (C=O) groups excluding carboxylic acids is 1. The van der Waals surface area contributed by atoms with E-state index in [4.69, 9.17) is 16.6 Å². The fourth-order valence-electron chi connectivity index (χ4n) is 3.51. The molecule has 1 aliphatic rings. The Kier molecular flexibility index (Phi) is 5.32. The molecule has 27 heavy (non-hydrogen) atoms. The summed E-state index contributed by atoms with van der Waals surface area (Å²) >= 11 is 7.75. The minimum absolute atomic E-state index is 0.0331. The first kappa shape index (κ1) is 18.3. The molecule has 4 rings (SSSR count). The summed E-state index contributed by atoms with van der Waals surface area (Å²) in [6.45, 7) is 3.74. The second-order valence-electron chi connectivity index (χ2n) is 7.01. The highest BCUT2D eigenvalue weighted by molar-refractivity contribution is 7.22. The second-order valence-corrected chi connectivity index (χ2v) is 8.46. The molecule has 6 heteroatoms. The van der Waals surface area contributed by atoms with Crippen molar-refractivity contribution in [2.45, 2.75) is 25.8 Å². The number of aromatic nitrogens is 1. The van der Waals surface area contributed by atoms with Gasteiger partial charge in [0.15, 0.2) is 5.13 Å². The Morgan fingerprint density at radius 3 is 2.70 bits per heavy atom. The maximum atomic E-state index is 12.6. The lowest BCUT2D eigenvalue weighted by atomic mass is 9.95. The van der Waals surface area contributed by atoms with Gasteiger partial charge in [-0.2, -0.15) is 0 Å². The first-order chi connectivity index (χ1) is 13.1. The van der Waals surface area contributed by atoms with Crippen LogP contribution in [0.4, 0.5) is 5.13 Å². The molecule has 0 unspecified atom stereocenters. The Labute approximate surface area is 168 Å². The zero-order valence-corrected chi connectivity index (χ0v) is 16.8. The van der Waals surface area contributed by atoms with Gasteiger partial charge in [0, 0.05) is 24.0 Å². The summed E-state index contributed by atoms with van der Waals surface area (Å²) in [4.78, 5) is 19.6. The molecule has 140 valence electrons. The SMILES string of the molecule is C[C@H](NC(=O)C1CCN(c2nc3cc(Cl)ccc3s2)CC1)c1ccccc1. The maximum Gasteiger partial charge on any atom is 0.223 e. The number of anilines is 1. The Hall–Kier alpha value is -2.11. The van der Waals surface area contributed by atoms with E-state index in [2.05, 4.69) is 10.2 Å². The number of nitrogens with zero attached hydrogens (tertiary/aromatic N) is 2. The third-order valence-electron chi connectivity index (χ3n) is 5.13. The lowest BCUT2D eigenvalue weighted by Crippen LogP contribution is -2.41. The molecule has 0 bridgehead atoms. The zero-order valence-electron chi connectivity index (χ0n) is 15.2. The average molecular weight is 400 g/mol. The summed E-state index contributed by atoms with van der Waals surface area (Å²) in [5.41, 5.74) is 2.08. The van der Waals surface area contributed by atoms with Crippen LogP contribution in [0.15, 0.2) is 48.5 Å². The number of amides is 1. The lowest BCUT2D eigenvalue weighted by molar-refractivity contribution is -0.126. The molecule has 1 aliphatic heterocycles. The van der Waals surface area contributed by atoms with E-state index in [0.717, 1.165) is 46.8 Å². The quantitative estimate of drug-likeness (QED) is 0.668. The molecule has 0 aliphatic carbocycles. The van der Waals surface area contributed by atoms with Crippen molar-refractivity contribution < 1.29 is 4.79 Å². The van der Waals surface area contributed by atoms with Crippen LogP contribution < -0.4 is 10.2 Å². The van der Waals surface area contributed by atoms with Gasteiger partial charge < -0.3 is 10.2 Å². The molecule has 1 saturated heterocycles. The number of hydrogen-bond acceptors (Lipinski definition) is 4. The largest absolute Gasteiger partial charge is 0.349 e. The highest BCUT2D eigenvalue weighted by atomic mass is 35.5. The van der Waals surface area contributed by atoms with Crippen LogP contribution in [0.25, 0.3) is 10.2 Å². The van der Waals surface area contributed by atoms with Crippen LogP contribution in [0.3, 0.4) is 0 Å². The topological polar surface area (TPSA) is 45.2 Å².